The first kappa shape index (κ1) is 51.8. The molecule has 0 fully saturated rings. The second-order valence-corrected chi connectivity index (χ2v) is 20.8. The van der Waals surface area contributed by atoms with Gasteiger partial charge in [0.15, 0.2) is 0 Å². The first-order valence-electron chi connectivity index (χ1n) is 22.8. The molecule has 4 N–H and O–H groups in total. The molecule has 4 amide bonds. The number of rotatable bonds is 20. The standard InChI is InChI=1S/C27H27N3O4S2.C27H26N2O4S2/c1-30(2)36(33)34-23-10-5-4-9-22(23)19-12-14-20(15-13-19)26(31)28-16-7-17-29-27(32)25-18-21-8-3-6-11-24(21)35-25;1-2-35(32)33-23-10-5-4-9-22(23)19-12-14-20(15-13-19)26(30)28-16-7-17-29-27(31)25-18-21-8-3-6-11-24(21)34-25/h3-6,8-15,18H,7,16-17H2,1-2H3,(H,28,31)(H,29,32);3-6,8-15,18H,2,7,16-17H2,1H3,(H,28,30)(H,29,31). The van der Waals surface area contributed by atoms with E-state index < -0.39 is 22.3 Å². The highest BCUT2D eigenvalue weighted by molar-refractivity contribution is 7.80. The molecule has 0 aliphatic heterocycles. The minimum absolute atomic E-state index is 0.0971. The van der Waals surface area contributed by atoms with E-state index in [0.29, 0.717) is 77.2 Å². The van der Waals surface area contributed by atoms with Crippen LogP contribution in [-0.4, -0.2) is 82.4 Å². The maximum absolute atomic E-state index is 12.5. The van der Waals surface area contributed by atoms with Crippen molar-refractivity contribution >= 4 is 88.8 Å². The number of amides is 4. The lowest BCUT2D eigenvalue weighted by molar-refractivity contribution is 0.0937. The molecule has 0 aliphatic carbocycles. The van der Waals surface area contributed by atoms with Crippen LogP contribution in [0, 0.1) is 0 Å². The summed E-state index contributed by atoms with van der Waals surface area (Å²) in [4.78, 5) is 51.1. The monoisotopic (exact) mass is 1030 g/mol. The summed E-state index contributed by atoms with van der Waals surface area (Å²) in [6, 6.07) is 48.7. The molecule has 17 heteroatoms. The van der Waals surface area contributed by atoms with Gasteiger partial charge in [0.2, 0.25) is 11.1 Å². The Morgan fingerprint density at radius 1 is 0.493 bits per heavy atom. The molecule has 0 saturated carbocycles. The molecule has 13 nitrogen and oxygen atoms in total. The quantitative estimate of drug-likeness (QED) is 0.0547. The number of benzene rings is 6. The lowest BCUT2D eigenvalue weighted by Gasteiger charge is -2.13. The molecule has 0 aliphatic rings. The van der Waals surface area contributed by atoms with Crippen molar-refractivity contribution in [2.24, 2.45) is 0 Å². The van der Waals surface area contributed by atoms with Crippen molar-refractivity contribution in [3.63, 3.8) is 0 Å². The third-order valence-corrected chi connectivity index (χ3v) is 14.7. The SMILES string of the molecule is CCS(=O)Oc1ccccc1-c1ccc(C(=O)NCCCNC(=O)c2cc3ccccc3s2)cc1.CN(C)S(=O)Oc1ccccc1-c1ccc(C(=O)NCCCNC(=O)c2cc3ccccc3s2)cc1. The van der Waals surface area contributed by atoms with E-state index in [4.69, 9.17) is 8.37 Å². The zero-order chi connectivity index (χ0) is 50.1. The number of fused-ring (bicyclic) bond motifs is 2. The normalized spacial score (nSPS) is 11.8. The molecule has 8 aromatic rings. The molecule has 2 heterocycles. The van der Waals surface area contributed by atoms with E-state index in [-0.39, 0.29) is 23.6 Å². The molecule has 71 heavy (non-hydrogen) atoms. The maximum atomic E-state index is 12.5. The minimum Gasteiger partial charge on any atom is -0.400 e. The number of para-hydroxylation sites is 2. The fourth-order valence-electron chi connectivity index (χ4n) is 7.02. The first-order chi connectivity index (χ1) is 34.5. The number of carbonyl (C=O) groups excluding carboxylic acids is 4. The van der Waals surface area contributed by atoms with Gasteiger partial charge in [0.1, 0.15) is 11.5 Å². The van der Waals surface area contributed by atoms with E-state index >= 15 is 0 Å². The lowest BCUT2D eigenvalue weighted by atomic mass is 10.0. The molecular weight excluding hydrogens is 975 g/mol. The smallest absolute Gasteiger partial charge is 0.290 e. The van der Waals surface area contributed by atoms with Crippen LogP contribution in [0.5, 0.6) is 11.5 Å². The van der Waals surface area contributed by atoms with Crippen LogP contribution in [0.4, 0.5) is 0 Å². The molecule has 8 rings (SSSR count). The summed E-state index contributed by atoms with van der Waals surface area (Å²) in [5.74, 6) is 0.890. The first-order valence-corrected chi connectivity index (χ1v) is 26.7. The Hall–Kier alpha value is -7.02. The Morgan fingerprint density at radius 3 is 1.28 bits per heavy atom. The molecule has 6 aromatic carbocycles. The highest BCUT2D eigenvalue weighted by atomic mass is 32.2. The maximum Gasteiger partial charge on any atom is 0.290 e. The Bertz CT molecular complexity index is 3090. The van der Waals surface area contributed by atoms with Crippen molar-refractivity contribution < 1.29 is 36.0 Å². The van der Waals surface area contributed by atoms with E-state index in [0.717, 1.165) is 42.4 Å². The van der Waals surface area contributed by atoms with Crippen LogP contribution in [0.15, 0.2) is 158 Å². The average molecular weight is 1030 g/mol. The number of thiophene rings is 2. The summed E-state index contributed by atoms with van der Waals surface area (Å²) >= 11 is -0.0465. The van der Waals surface area contributed by atoms with E-state index in [1.807, 2.05) is 121 Å². The van der Waals surface area contributed by atoms with E-state index in [2.05, 4.69) is 21.3 Å². The number of nitrogens with one attached hydrogen (secondary N) is 4. The van der Waals surface area contributed by atoms with Gasteiger partial charge in [-0.15, -0.1) is 22.7 Å². The van der Waals surface area contributed by atoms with Crippen molar-refractivity contribution in [2.45, 2.75) is 19.8 Å². The second kappa shape index (κ2) is 25.7. The molecule has 2 aromatic heterocycles. The largest absolute Gasteiger partial charge is 0.400 e. The number of nitrogens with zero attached hydrogens (tertiary/aromatic N) is 1. The van der Waals surface area contributed by atoms with Gasteiger partial charge in [-0.1, -0.05) is 104 Å². The van der Waals surface area contributed by atoms with E-state index in [1.54, 1.807) is 57.4 Å². The highest BCUT2D eigenvalue weighted by Gasteiger charge is 2.15. The van der Waals surface area contributed by atoms with Crippen molar-refractivity contribution in [3.05, 3.63) is 179 Å². The van der Waals surface area contributed by atoms with Gasteiger partial charge in [-0.2, -0.15) is 8.51 Å². The Balaban J connectivity index is 0.000000209. The summed E-state index contributed by atoms with van der Waals surface area (Å²) in [7, 11) is 3.34. The van der Waals surface area contributed by atoms with Gasteiger partial charge >= 0.3 is 0 Å². The van der Waals surface area contributed by atoms with Crippen molar-refractivity contribution in [2.75, 3.05) is 46.0 Å². The summed E-state index contributed by atoms with van der Waals surface area (Å²) in [6.45, 7) is 3.64. The van der Waals surface area contributed by atoms with Crippen molar-refractivity contribution in [3.8, 4) is 33.8 Å². The van der Waals surface area contributed by atoms with E-state index in [1.165, 1.54) is 27.0 Å². The van der Waals surface area contributed by atoms with E-state index in [9.17, 15) is 27.6 Å². The second-order valence-electron chi connectivity index (χ2n) is 16.0. The molecule has 0 saturated heterocycles. The van der Waals surface area contributed by atoms with Crippen LogP contribution >= 0.6 is 22.7 Å². The van der Waals surface area contributed by atoms with Crippen LogP contribution in [0.3, 0.4) is 0 Å². The number of hydrogen-bond donors (Lipinski definition) is 4. The molecule has 2 atom stereocenters. The third-order valence-electron chi connectivity index (χ3n) is 10.7. The average Bonchev–Trinajstić information content (AvgIpc) is 4.05. The van der Waals surface area contributed by atoms with Crippen LogP contribution < -0.4 is 29.6 Å². The van der Waals surface area contributed by atoms with Gasteiger partial charge in [-0.05, 0) is 95.4 Å². The molecule has 0 radical (unpaired) electrons. The molecule has 2 unspecified atom stereocenters. The Labute approximate surface area is 426 Å². The van der Waals surface area contributed by atoms with Gasteiger partial charge in [0.25, 0.3) is 34.9 Å². The van der Waals surface area contributed by atoms with Gasteiger partial charge in [-0.3, -0.25) is 19.2 Å². The summed E-state index contributed by atoms with van der Waals surface area (Å²) in [5.41, 5.74) is 4.39. The van der Waals surface area contributed by atoms with Crippen molar-refractivity contribution in [1.29, 1.82) is 0 Å². The predicted molar refractivity (Wildman–Crippen MR) is 288 cm³/mol. The predicted octanol–water partition coefficient (Wildman–Crippen LogP) is 9.82. The van der Waals surface area contributed by atoms with Crippen molar-refractivity contribution in [1.82, 2.24) is 25.6 Å². The fraction of sp³-hybridized carbons (Fsp3) is 0.185. The summed E-state index contributed by atoms with van der Waals surface area (Å²) in [6.07, 6.45) is 1.24. The number of carbonyl (C=O) groups is 4. The molecule has 366 valence electrons. The van der Waals surface area contributed by atoms with Crippen LogP contribution in [0.1, 0.15) is 59.8 Å². The summed E-state index contributed by atoms with van der Waals surface area (Å²) < 4.78 is 38.6. The minimum atomic E-state index is -1.60. The molecule has 0 bridgehead atoms. The Morgan fingerprint density at radius 2 is 0.873 bits per heavy atom. The zero-order valence-electron chi connectivity index (χ0n) is 39.3. The van der Waals surface area contributed by atoms with Crippen LogP contribution in [-0.2, 0) is 22.3 Å². The third kappa shape index (κ3) is 14.5. The molecular formula is C54H53N5O8S4. The van der Waals surface area contributed by atoms with Crippen LogP contribution in [0.25, 0.3) is 42.4 Å². The van der Waals surface area contributed by atoms with Gasteiger partial charge in [0, 0.05) is 71.9 Å². The number of hydrogen-bond acceptors (Lipinski definition) is 10. The molecule has 0 spiro atoms. The highest BCUT2D eigenvalue weighted by Crippen LogP contribution is 2.32. The van der Waals surface area contributed by atoms with Gasteiger partial charge in [-0.25, -0.2) is 4.21 Å². The van der Waals surface area contributed by atoms with Gasteiger partial charge in [0.05, 0.1) is 15.5 Å². The zero-order valence-corrected chi connectivity index (χ0v) is 42.6. The Kier molecular flexibility index (Phi) is 18.8. The van der Waals surface area contributed by atoms with Gasteiger partial charge < -0.3 is 29.6 Å². The lowest BCUT2D eigenvalue weighted by Crippen LogP contribution is -2.29. The fourth-order valence-corrected chi connectivity index (χ4v) is 9.89. The van der Waals surface area contributed by atoms with Crippen LogP contribution in [0.2, 0.25) is 0 Å². The summed E-state index contributed by atoms with van der Waals surface area (Å²) in [5, 5.41) is 13.7. The topological polar surface area (TPSA) is 172 Å².